The van der Waals surface area contributed by atoms with E-state index in [4.69, 9.17) is 43.6 Å². The number of amides is 1. The third-order valence-corrected chi connectivity index (χ3v) is 18.0. The molecule has 22 nitrogen and oxygen atoms in total. The zero-order valence-electron chi connectivity index (χ0n) is 52.4. The molecule has 91 heavy (non-hydrogen) atoms. The Bertz CT molecular complexity index is 3600. The molecular formula is C66H78F3N5O17. The second-order valence-corrected chi connectivity index (χ2v) is 25.6. The molecule has 1 amide bonds. The Kier molecular flexibility index (Phi) is 19.0. The monoisotopic (exact) mass is 1270 g/mol. The number of carbonyl (C=O) groups is 5. The number of aromatic nitrogens is 2. The van der Waals surface area contributed by atoms with Gasteiger partial charge >= 0.3 is 30.2 Å². The Balaban J connectivity index is 0.000000250. The summed E-state index contributed by atoms with van der Waals surface area (Å²) in [6.45, 7) is 16.4. The largest absolute Gasteiger partial charge is 0.493 e. The van der Waals surface area contributed by atoms with E-state index in [0.717, 1.165) is 25.5 Å². The molecule has 5 aliphatic rings. The number of methoxy groups -OCH3 is 1. The lowest BCUT2D eigenvalue weighted by Gasteiger charge is -2.67. The number of alkyl halides is 3. The van der Waals surface area contributed by atoms with E-state index in [1.165, 1.54) is 32.0 Å². The molecule has 0 radical (unpaired) electrons. The zero-order chi connectivity index (χ0) is 66.5. The third kappa shape index (κ3) is 13.3. The van der Waals surface area contributed by atoms with Crippen LogP contribution in [0.1, 0.15) is 127 Å². The van der Waals surface area contributed by atoms with Crippen molar-refractivity contribution >= 4 is 52.2 Å². The molecule has 10 rings (SSSR count). The Labute approximate surface area is 523 Å². The highest BCUT2D eigenvalue weighted by molar-refractivity contribution is 5.95. The van der Waals surface area contributed by atoms with Gasteiger partial charge < -0.3 is 74.7 Å². The molecule has 13 atom stereocenters. The summed E-state index contributed by atoms with van der Waals surface area (Å²) in [6.07, 6.45) is -15.3. The summed E-state index contributed by atoms with van der Waals surface area (Å²) in [7, 11) is 1.55. The molecule has 13 unspecified atom stereocenters. The fraction of sp³-hybridized carbons (Fsp3) is 0.500. The number of aliphatic hydroxyl groups excluding tert-OH is 3. The second-order valence-electron chi connectivity index (χ2n) is 25.6. The number of nitrogen functional groups attached to an aromatic ring is 1. The number of halogens is 3. The average Bonchev–Trinajstić information content (AvgIpc) is 0.708. The van der Waals surface area contributed by atoms with Crippen LogP contribution in [0.4, 0.5) is 29.5 Å². The van der Waals surface area contributed by atoms with E-state index in [1.54, 1.807) is 116 Å². The van der Waals surface area contributed by atoms with Crippen LogP contribution in [0.25, 0.3) is 10.9 Å². The number of nitrogens with one attached hydrogen (secondary N) is 2. The highest BCUT2D eigenvalue weighted by Crippen LogP contribution is 2.64. The van der Waals surface area contributed by atoms with Crippen LogP contribution in [-0.2, 0) is 49.0 Å². The van der Waals surface area contributed by atoms with Crippen LogP contribution in [0.2, 0.25) is 0 Å². The smallest absolute Gasteiger partial charge is 0.416 e. The molecule has 2 aliphatic heterocycles. The lowest BCUT2D eigenvalue weighted by atomic mass is 9.44. The van der Waals surface area contributed by atoms with Gasteiger partial charge in [0.2, 0.25) is 0 Å². The van der Waals surface area contributed by atoms with E-state index in [2.05, 4.69) is 20.6 Å². The number of aryl methyl sites for hydroxylation is 1. The van der Waals surface area contributed by atoms with Crippen LogP contribution in [0.3, 0.4) is 0 Å². The van der Waals surface area contributed by atoms with Crippen molar-refractivity contribution < 1.29 is 95.5 Å². The van der Waals surface area contributed by atoms with Crippen molar-refractivity contribution in [3.05, 3.63) is 130 Å². The number of esters is 3. The highest BCUT2D eigenvalue weighted by Gasteiger charge is 2.78. The summed E-state index contributed by atoms with van der Waals surface area (Å²) < 4.78 is 86.2. The molecule has 4 fully saturated rings. The average molecular weight is 1270 g/mol. The molecule has 490 valence electrons. The number of benzene rings is 4. The molecule has 4 aromatic carbocycles. The van der Waals surface area contributed by atoms with Crippen molar-refractivity contribution in [1.82, 2.24) is 15.3 Å². The SMILES string of the molecule is CC(=O)OC12COC1CC(O)C1(C)C(=O)C(O)C3=C(C)C(OC(=O)C(O)C(NC(=O)OC(C)(C)C)c4ccccc4)CC(O)(C(OC(=O)c4ccccc4)C21)C3(C)C.COc1cc2nc(C)nc(NC(C)c3cc(N)cc(C(F)(F)F)c3)c2cc1OC1CCOC1. The standard InChI is InChI=1S/C43H53NO14.C23H25F3N4O3/c1-22-26(55-37(51)32(48)30(24-15-11-9-12-16-24)44-38(52)58-39(3,4)5)20-43(53)35(56-36(50)25-17-13-10-14-18-25)33-41(8,34(49)31(47)29(22)40(43,6)7)27(46)19-28-42(33,21-54-28)57-23(2)45;1-12(14-6-15(23(24,25)26)8-16(27)7-14)28-22-18-9-21(33-17-4-5-32-11-17)20(31-3)10-19(18)29-13(2)30-22/h9-18,26-28,30-33,35,46-48,53H,19-21H2,1-8H3,(H,44,52);6-10,12,17H,4-5,11,27H2,1-3H3,(H,28,29,30). The maximum atomic E-state index is 14.9. The number of ketones is 1. The normalized spacial score (nSPS) is 27.7. The van der Waals surface area contributed by atoms with Gasteiger partial charge in [0.15, 0.2) is 29.0 Å². The van der Waals surface area contributed by atoms with Crippen molar-refractivity contribution in [1.29, 1.82) is 0 Å². The quantitative estimate of drug-likeness (QED) is 0.0239. The molecule has 2 bridgehead atoms. The molecule has 2 saturated carbocycles. The van der Waals surface area contributed by atoms with Crippen molar-refractivity contribution in [2.75, 3.05) is 38.0 Å². The molecule has 8 N–H and O–H groups in total. The number of anilines is 2. The number of nitrogens with two attached hydrogens (primary N) is 1. The van der Waals surface area contributed by atoms with Crippen molar-refractivity contribution in [3.63, 3.8) is 0 Å². The third-order valence-electron chi connectivity index (χ3n) is 18.0. The van der Waals surface area contributed by atoms with Crippen LogP contribution in [0, 0.1) is 23.7 Å². The number of aliphatic hydroxyl groups is 4. The first kappa shape index (κ1) is 67.5. The lowest BCUT2D eigenvalue weighted by molar-refractivity contribution is -0.346. The Hall–Kier alpha value is -7.94. The summed E-state index contributed by atoms with van der Waals surface area (Å²) in [6, 6.07) is 21.2. The van der Waals surface area contributed by atoms with Crippen LogP contribution in [0.5, 0.6) is 11.5 Å². The van der Waals surface area contributed by atoms with E-state index in [0.29, 0.717) is 58.4 Å². The number of rotatable bonds is 14. The maximum Gasteiger partial charge on any atom is 0.416 e. The first-order chi connectivity index (χ1) is 42.6. The van der Waals surface area contributed by atoms with Gasteiger partial charge in [0, 0.05) is 48.7 Å². The van der Waals surface area contributed by atoms with E-state index < -0.39 is 130 Å². The molecular weight excluding hydrogens is 1190 g/mol. The van der Waals surface area contributed by atoms with Crippen LogP contribution >= 0.6 is 0 Å². The van der Waals surface area contributed by atoms with Crippen molar-refractivity contribution in [2.45, 2.75) is 166 Å². The van der Waals surface area contributed by atoms with Crippen LogP contribution in [-0.4, -0.2) is 147 Å². The molecule has 0 spiro atoms. The molecule has 2 saturated heterocycles. The summed E-state index contributed by atoms with van der Waals surface area (Å²) in [5.41, 5.74) is -2.15. The van der Waals surface area contributed by atoms with Crippen LogP contribution in [0.15, 0.2) is 102 Å². The van der Waals surface area contributed by atoms with Gasteiger partial charge in [-0.2, -0.15) is 13.2 Å². The number of ether oxygens (including phenoxy) is 8. The predicted molar refractivity (Wildman–Crippen MR) is 322 cm³/mol. The molecule has 25 heteroatoms. The summed E-state index contributed by atoms with van der Waals surface area (Å²) in [4.78, 5) is 77.9. The number of hydrogen-bond acceptors (Lipinski definition) is 21. The minimum Gasteiger partial charge on any atom is -0.493 e. The minimum atomic E-state index is -4.49. The van der Waals surface area contributed by atoms with E-state index in [-0.39, 0.29) is 41.5 Å². The molecule has 5 aromatic rings. The fourth-order valence-corrected chi connectivity index (χ4v) is 13.3. The van der Waals surface area contributed by atoms with Gasteiger partial charge in [-0.25, -0.2) is 24.4 Å². The number of Topliss-reactive ketones (excluding diaryl/α,β-unsaturated/α-hetero) is 1. The first-order valence-corrected chi connectivity index (χ1v) is 29.8. The van der Waals surface area contributed by atoms with Gasteiger partial charge in [-0.15, -0.1) is 0 Å². The fourth-order valence-electron chi connectivity index (χ4n) is 13.3. The van der Waals surface area contributed by atoms with Gasteiger partial charge in [-0.3, -0.25) is 9.59 Å². The number of carbonyl (C=O) groups excluding carboxylic acids is 5. The number of alkyl carbamates (subject to hydrolysis) is 1. The summed E-state index contributed by atoms with van der Waals surface area (Å²) in [5, 5.41) is 55.4. The molecule has 1 aromatic heterocycles. The topological polar surface area (TPSA) is 316 Å². The van der Waals surface area contributed by atoms with Gasteiger partial charge in [0.05, 0.1) is 73.1 Å². The van der Waals surface area contributed by atoms with E-state index >= 15 is 0 Å². The van der Waals surface area contributed by atoms with Gasteiger partial charge in [0.25, 0.3) is 0 Å². The lowest BCUT2D eigenvalue weighted by Crippen LogP contribution is -2.81. The number of fused-ring (bicyclic) bond motifs is 6. The highest BCUT2D eigenvalue weighted by atomic mass is 19.4. The Morgan fingerprint density at radius 3 is 2.15 bits per heavy atom. The van der Waals surface area contributed by atoms with Gasteiger partial charge in [-0.05, 0) is 107 Å². The Morgan fingerprint density at radius 2 is 1.56 bits per heavy atom. The Morgan fingerprint density at radius 1 is 0.890 bits per heavy atom. The number of hydrogen-bond donors (Lipinski definition) is 7. The summed E-state index contributed by atoms with van der Waals surface area (Å²) >= 11 is 0. The van der Waals surface area contributed by atoms with Crippen LogP contribution < -0.4 is 25.8 Å². The van der Waals surface area contributed by atoms with Crippen molar-refractivity contribution in [2.24, 2.45) is 16.7 Å². The zero-order valence-corrected chi connectivity index (χ0v) is 52.4. The van der Waals surface area contributed by atoms with Gasteiger partial charge in [0.1, 0.15) is 53.4 Å². The first-order valence-electron chi connectivity index (χ1n) is 29.8. The van der Waals surface area contributed by atoms with Gasteiger partial charge in [-0.1, -0.05) is 62.4 Å². The predicted octanol–water partition coefficient (Wildman–Crippen LogP) is 8.15. The van der Waals surface area contributed by atoms with E-state index in [1.807, 2.05) is 0 Å². The summed E-state index contributed by atoms with van der Waals surface area (Å²) in [5.74, 6) is -3.35. The minimum absolute atomic E-state index is 0.0383. The molecule has 3 aliphatic carbocycles. The maximum absolute atomic E-state index is 14.9. The second kappa shape index (κ2) is 25.6. The van der Waals surface area contributed by atoms with Crippen molar-refractivity contribution in [3.8, 4) is 11.5 Å². The van der Waals surface area contributed by atoms with E-state index in [9.17, 15) is 57.6 Å². The number of nitrogens with zero attached hydrogens (tertiary/aromatic N) is 2. The molecule has 3 heterocycles.